The number of rotatable bonds is 7. The number of aromatic nitrogens is 4. The first-order valence-corrected chi connectivity index (χ1v) is 9.16. The molecular formula is C18H18F6N6O. The van der Waals surface area contributed by atoms with E-state index in [9.17, 15) is 26.3 Å². The molecule has 2 heterocycles. The average Bonchev–Trinajstić information content (AvgIpc) is 3.13. The van der Waals surface area contributed by atoms with Gasteiger partial charge in [-0.1, -0.05) is 6.07 Å². The predicted molar refractivity (Wildman–Crippen MR) is 101 cm³/mol. The van der Waals surface area contributed by atoms with E-state index in [2.05, 4.69) is 30.0 Å². The van der Waals surface area contributed by atoms with Crippen LogP contribution in [0.3, 0.4) is 0 Å². The second kappa shape index (κ2) is 8.47. The third-order valence-corrected chi connectivity index (χ3v) is 4.28. The summed E-state index contributed by atoms with van der Waals surface area (Å²) in [6.07, 6.45) is -13.8. The summed E-state index contributed by atoms with van der Waals surface area (Å²) in [5.74, 6) is -0.387. The molecule has 1 aromatic carbocycles. The summed E-state index contributed by atoms with van der Waals surface area (Å²) in [5.41, 5.74) is 1.22. The number of nitrogens with one attached hydrogen (secondary N) is 2. The minimum atomic E-state index is -5.70. The van der Waals surface area contributed by atoms with Crippen molar-refractivity contribution in [1.29, 1.82) is 0 Å². The zero-order valence-electron chi connectivity index (χ0n) is 16.3. The number of fused-ring (bicyclic) bond motifs is 1. The topological polar surface area (TPSA) is 79.0 Å². The standard InChI is InChI=1S/C18H18F6N6O/c1-3-30(4-2)15-27-14(26-11-6-5-10-7-8-25-12(10)9-11)28-16(29-15)31-13(17(19,20)21)18(22,23)24/h5-9,13,25H,3-4H2,1-2H3,(H,26,27,28,29). The van der Waals surface area contributed by atoms with Crippen molar-refractivity contribution in [2.45, 2.75) is 32.3 Å². The number of nitrogens with zero attached hydrogens (tertiary/aromatic N) is 4. The van der Waals surface area contributed by atoms with Crippen LogP contribution in [0, 0.1) is 0 Å². The highest BCUT2D eigenvalue weighted by atomic mass is 19.4. The van der Waals surface area contributed by atoms with Crippen molar-refractivity contribution < 1.29 is 31.1 Å². The van der Waals surface area contributed by atoms with Gasteiger partial charge in [0.1, 0.15) is 0 Å². The lowest BCUT2D eigenvalue weighted by atomic mass is 10.2. The van der Waals surface area contributed by atoms with E-state index >= 15 is 0 Å². The SMILES string of the molecule is CCN(CC)c1nc(Nc2ccc3cc[nH]c3c2)nc(OC(C(F)(F)F)C(F)(F)F)n1. The smallest absolute Gasteiger partial charge is 0.434 e. The molecular weight excluding hydrogens is 430 g/mol. The van der Waals surface area contributed by atoms with Crippen LogP contribution in [0.5, 0.6) is 6.01 Å². The van der Waals surface area contributed by atoms with Gasteiger partial charge in [0, 0.05) is 30.5 Å². The van der Waals surface area contributed by atoms with Gasteiger partial charge in [-0.2, -0.15) is 41.3 Å². The third-order valence-electron chi connectivity index (χ3n) is 4.28. The average molecular weight is 448 g/mol. The summed E-state index contributed by atoms with van der Waals surface area (Å²) in [7, 11) is 0. The number of aromatic amines is 1. The number of halogens is 6. The van der Waals surface area contributed by atoms with E-state index in [-0.39, 0.29) is 11.9 Å². The lowest BCUT2D eigenvalue weighted by molar-refractivity contribution is -0.301. The predicted octanol–water partition coefficient (Wildman–Crippen LogP) is 4.81. The summed E-state index contributed by atoms with van der Waals surface area (Å²) in [4.78, 5) is 15.9. The Hall–Kier alpha value is -3.25. The fourth-order valence-corrected chi connectivity index (χ4v) is 2.78. The molecule has 168 valence electrons. The second-order valence-corrected chi connectivity index (χ2v) is 6.40. The Morgan fingerprint density at radius 2 is 1.68 bits per heavy atom. The summed E-state index contributed by atoms with van der Waals surface area (Å²) < 4.78 is 81.6. The number of H-pyrrole nitrogens is 1. The molecule has 0 aliphatic carbocycles. The van der Waals surface area contributed by atoms with Crippen LogP contribution in [0.15, 0.2) is 30.5 Å². The van der Waals surface area contributed by atoms with Crippen molar-refractivity contribution in [3.8, 4) is 6.01 Å². The van der Waals surface area contributed by atoms with Gasteiger partial charge in [-0.3, -0.25) is 0 Å². The van der Waals surface area contributed by atoms with Crippen LogP contribution in [-0.2, 0) is 0 Å². The molecule has 0 saturated carbocycles. The van der Waals surface area contributed by atoms with Gasteiger partial charge < -0.3 is 19.9 Å². The van der Waals surface area contributed by atoms with Gasteiger partial charge in [0.05, 0.1) is 0 Å². The normalized spacial score (nSPS) is 12.4. The molecule has 0 atom stereocenters. The van der Waals surface area contributed by atoms with Crippen LogP contribution >= 0.6 is 0 Å². The Kier molecular flexibility index (Phi) is 6.13. The molecule has 0 unspecified atom stereocenters. The summed E-state index contributed by atoms with van der Waals surface area (Å²) in [6, 6.07) is 5.85. The van der Waals surface area contributed by atoms with Gasteiger partial charge in [-0.05, 0) is 37.4 Å². The van der Waals surface area contributed by atoms with Crippen molar-refractivity contribution in [1.82, 2.24) is 19.9 Å². The Morgan fingerprint density at radius 3 is 2.29 bits per heavy atom. The number of hydrogen-bond donors (Lipinski definition) is 2. The van der Waals surface area contributed by atoms with E-state index in [0.717, 1.165) is 10.9 Å². The molecule has 0 radical (unpaired) electrons. The van der Waals surface area contributed by atoms with Crippen molar-refractivity contribution in [2.24, 2.45) is 0 Å². The van der Waals surface area contributed by atoms with E-state index in [1.54, 1.807) is 38.2 Å². The summed E-state index contributed by atoms with van der Waals surface area (Å²) in [5, 5.41) is 3.68. The van der Waals surface area contributed by atoms with Gasteiger partial charge in [-0.25, -0.2) is 0 Å². The number of anilines is 3. The Morgan fingerprint density at radius 1 is 1.00 bits per heavy atom. The van der Waals surface area contributed by atoms with Crippen LogP contribution in [0.1, 0.15) is 13.8 Å². The molecule has 0 aliphatic heterocycles. The molecule has 7 nitrogen and oxygen atoms in total. The van der Waals surface area contributed by atoms with E-state index in [1.165, 1.54) is 4.90 Å². The highest BCUT2D eigenvalue weighted by molar-refractivity contribution is 5.83. The number of benzene rings is 1. The van der Waals surface area contributed by atoms with Crippen LogP contribution in [0.2, 0.25) is 0 Å². The van der Waals surface area contributed by atoms with Gasteiger partial charge in [0.15, 0.2) is 0 Å². The highest BCUT2D eigenvalue weighted by Crippen LogP contribution is 2.36. The maximum absolute atomic E-state index is 12.9. The lowest BCUT2D eigenvalue weighted by Gasteiger charge is -2.24. The molecule has 3 aromatic rings. The molecule has 0 amide bonds. The van der Waals surface area contributed by atoms with Gasteiger partial charge in [0.25, 0.3) is 6.10 Å². The monoisotopic (exact) mass is 448 g/mol. The van der Waals surface area contributed by atoms with Gasteiger partial charge in [0.2, 0.25) is 11.9 Å². The zero-order valence-corrected chi connectivity index (χ0v) is 16.3. The molecule has 0 aliphatic rings. The molecule has 0 bridgehead atoms. The van der Waals surface area contributed by atoms with E-state index < -0.39 is 24.5 Å². The van der Waals surface area contributed by atoms with Crippen molar-refractivity contribution in [2.75, 3.05) is 23.3 Å². The second-order valence-electron chi connectivity index (χ2n) is 6.40. The first-order chi connectivity index (χ1) is 14.5. The Balaban J connectivity index is 1.99. The van der Waals surface area contributed by atoms with E-state index in [4.69, 9.17) is 0 Å². The largest absolute Gasteiger partial charge is 0.440 e. The molecule has 0 saturated heterocycles. The maximum Gasteiger partial charge on any atom is 0.434 e. The van der Waals surface area contributed by atoms with E-state index in [0.29, 0.717) is 18.8 Å². The molecule has 13 heteroatoms. The zero-order chi connectivity index (χ0) is 22.8. The van der Waals surface area contributed by atoms with Crippen molar-refractivity contribution >= 4 is 28.5 Å². The first-order valence-electron chi connectivity index (χ1n) is 9.16. The van der Waals surface area contributed by atoms with Crippen LogP contribution in [-0.4, -0.2) is 51.5 Å². The molecule has 2 N–H and O–H groups in total. The van der Waals surface area contributed by atoms with Crippen LogP contribution in [0.4, 0.5) is 43.9 Å². The van der Waals surface area contributed by atoms with Crippen LogP contribution in [0.25, 0.3) is 10.9 Å². The highest BCUT2D eigenvalue weighted by Gasteiger charge is 2.59. The first kappa shape index (κ1) is 22.4. The minimum absolute atomic E-state index is 0.124. The third kappa shape index (κ3) is 5.27. The fraction of sp³-hybridized carbons (Fsp3) is 0.389. The van der Waals surface area contributed by atoms with E-state index in [1.807, 2.05) is 6.07 Å². The molecule has 31 heavy (non-hydrogen) atoms. The molecule has 3 rings (SSSR count). The maximum atomic E-state index is 12.9. The Bertz CT molecular complexity index is 1020. The minimum Gasteiger partial charge on any atom is -0.440 e. The molecule has 0 fully saturated rings. The lowest BCUT2D eigenvalue weighted by Crippen LogP contribution is -2.47. The molecule has 2 aromatic heterocycles. The number of ether oxygens (including phenoxy) is 1. The summed E-state index contributed by atoms with van der Waals surface area (Å²) >= 11 is 0. The number of hydrogen-bond acceptors (Lipinski definition) is 6. The van der Waals surface area contributed by atoms with Crippen molar-refractivity contribution in [3.63, 3.8) is 0 Å². The molecule has 0 spiro atoms. The quantitative estimate of drug-likeness (QED) is 0.505. The number of alkyl halides is 6. The van der Waals surface area contributed by atoms with Crippen LogP contribution < -0.4 is 15.0 Å². The van der Waals surface area contributed by atoms with Gasteiger partial charge in [-0.15, -0.1) is 0 Å². The van der Waals surface area contributed by atoms with Crippen molar-refractivity contribution in [3.05, 3.63) is 30.5 Å². The van der Waals surface area contributed by atoms with Gasteiger partial charge >= 0.3 is 18.4 Å². The summed E-state index contributed by atoms with van der Waals surface area (Å²) in [6.45, 7) is 4.17. The Labute approximate surface area is 172 Å². The fourth-order valence-electron chi connectivity index (χ4n) is 2.78.